The number of likely N-dealkylation sites (tertiary alicyclic amines) is 1. The maximum absolute atomic E-state index is 13.5. The van der Waals surface area contributed by atoms with Crippen LogP contribution in [0.1, 0.15) is 35.2 Å². The molecule has 0 N–H and O–H groups in total. The molecule has 1 aliphatic carbocycles. The lowest BCUT2D eigenvalue weighted by atomic mass is 10.0. The van der Waals surface area contributed by atoms with Crippen LogP contribution >= 0.6 is 0 Å². The molecule has 50 heavy (non-hydrogen) atoms. The Morgan fingerprint density at radius 2 is 1.28 bits per heavy atom. The number of rotatable bonds is 7. The second-order valence-electron chi connectivity index (χ2n) is 13.0. The average Bonchev–Trinajstić information content (AvgIpc) is 3.80. The number of aldehydes is 1. The van der Waals surface area contributed by atoms with Gasteiger partial charge in [0, 0.05) is 36.7 Å². The van der Waals surface area contributed by atoms with E-state index in [2.05, 4.69) is 12.1 Å². The summed E-state index contributed by atoms with van der Waals surface area (Å²) in [6.07, 6.45) is -0.801. The third kappa shape index (κ3) is 7.39. The number of amides is 1. The summed E-state index contributed by atoms with van der Waals surface area (Å²) in [6.45, 7) is 1.86. The molecule has 0 bridgehead atoms. The molecule has 2 aliphatic rings. The minimum absolute atomic E-state index is 0.169. The fourth-order valence-electron chi connectivity index (χ4n) is 6.56. The van der Waals surface area contributed by atoms with Crippen LogP contribution in [0.4, 0.5) is 13.2 Å². The summed E-state index contributed by atoms with van der Waals surface area (Å²) < 4.78 is 42.5. The minimum Gasteiger partial charge on any atom is -0.342 e. The van der Waals surface area contributed by atoms with Crippen LogP contribution in [0.5, 0.6) is 0 Å². The van der Waals surface area contributed by atoms with Gasteiger partial charge in [-0.05, 0) is 65.6 Å². The number of alkyl halides is 3. The summed E-state index contributed by atoms with van der Waals surface area (Å²) in [5.41, 5.74) is 6.35. The first kappa shape index (κ1) is 33.0. The molecule has 2 fully saturated rings. The molecular formula is C42H36F3N3O2. The van der Waals surface area contributed by atoms with Crippen LogP contribution in [0.25, 0.3) is 44.7 Å². The van der Waals surface area contributed by atoms with E-state index in [-0.39, 0.29) is 17.7 Å². The van der Waals surface area contributed by atoms with E-state index in [0.717, 1.165) is 53.9 Å². The van der Waals surface area contributed by atoms with Gasteiger partial charge in [0.05, 0.1) is 16.6 Å². The minimum atomic E-state index is -4.43. The third-order valence-electron chi connectivity index (χ3n) is 9.44. The number of halogens is 3. The first-order chi connectivity index (χ1) is 24.3. The van der Waals surface area contributed by atoms with Gasteiger partial charge in [0.15, 0.2) is 0 Å². The Kier molecular flexibility index (Phi) is 9.35. The molecule has 1 saturated heterocycles. The number of nitrogens with zero attached hydrogens (tertiary/aromatic N) is 3. The largest absolute Gasteiger partial charge is 0.416 e. The lowest BCUT2D eigenvalue weighted by Gasteiger charge is -2.18. The highest BCUT2D eigenvalue weighted by Crippen LogP contribution is 2.36. The molecule has 0 unspecified atom stereocenters. The molecule has 1 aromatic heterocycles. The van der Waals surface area contributed by atoms with E-state index in [0.29, 0.717) is 42.1 Å². The van der Waals surface area contributed by atoms with Crippen molar-refractivity contribution < 1.29 is 22.8 Å². The lowest BCUT2D eigenvalue weighted by molar-refractivity contribution is -0.137. The van der Waals surface area contributed by atoms with Crippen LogP contribution in [0.3, 0.4) is 0 Å². The monoisotopic (exact) mass is 671 g/mol. The van der Waals surface area contributed by atoms with Gasteiger partial charge in [-0.25, -0.2) is 4.98 Å². The van der Waals surface area contributed by atoms with Crippen molar-refractivity contribution in [3.8, 4) is 33.6 Å². The molecule has 0 radical (unpaired) electrons. The smallest absolute Gasteiger partial charge is 0.342 e. The molecule has 5 nitrogen and oxygen atoms in total. The molecule has 6 aromatic rings. The van der Waals surface area contributed by atoms with E-state index >= 15 is 0 Å². The fourth-order valence-corrected chi connectivity index (χ4v) is 6.56. The summed E-state index contributed by atoms with van der Waals surface area (Å²) in [7, 11) is 0. The van der Waals surface area contributed by atoms with Gasteiger partial charge in [-0.1, -0.05) is 109 Å². The Hall–Kier alpha value is -5.50. The Morgan fingerprint density at radius 1 is 0.720 bits per heavy atom. The maximum atomic E-state index is 13.5. The number of fused-ring (bicyclic) bond motifs is 1. The van der Waals surface area contributed by atoms with Crippen molar-refractivity contribution in [2.24, 2.45) is 11.8 Å². The molecular weight excluding hydrogens is 635 g/mol. The van der Waals surface area contributed by atoms with Crippen LogP contribution in [0, 0.1) is 11.8 Å². The second-order valence-corrected chi connectivity index (χ2v) is 13.0. The van der Waals surface area contributed by atoms with Crippen LogP contribution in [0.15, 0.2) is 127 Å². The number of carbonyl (C=O) groups is 2. The predicted molar refractivity (Wildman–Crippen MR) is 190 cm³/mol. The highest BCUT2D eigenvalue weighted by molar-refractivity contribution is 5.83. The maximum Gasteiger partial charge on any atom is 0.416 e. The van der Waals surface area contributed by atoms with Crippen molar-refractivity contribution in [1.29, 1.82) is 0 Å². The average molecular weight is 672 g/mol. The van der Waals surface area contributed by atoms with Crippen LogP contribution in [0.2, 0.25) is 0 Å². The van der Waals surface area contributed by atoms with Crippen molar-refractivity contribution in [1.82, 2.24) is 14.5 Å². The molecule has 252 valence electrons. The number of benzene rings is 5. The molecule has 2 heterocycles. The van der Waals surface area contributed by atoms with Crippen LogP contribution < -0.4 is 0 Å². The predicted octanol–water partition coefficient (Wildman–Crippen LogP) is 9.81. The molecule has 8 heteroatoms. The van der Waals surface area contributed by atoms with E-state index in [1.807, 2.05) is 107 Å². The SMILES string of the molecule is O=C(C1CC1)N1CC[C@@H](Cn2c(-c3ccc(-c4ccccc4)cc3)nc3ccc(C(F)(F)F)cc32)C1.O=Cc1ccc(-c2ccccc2)cc1. The third-order valence-corrected chi connectivity index (χ3v) is 9.44. The molecule has 0 spiro atoms. The van der Waals surface area contributed by atoms with Crippen molar-refractivity contribution in [3.63, 3.8) is 0 Å². The van der Waals surface area contributed by atoms with Gasteiger partial charge in [0.2, 0.25) is 5.91 Å². The molecule has 5 aromatic carbocycles. The summed E-state index contributed by atoms with van der Waals surface area (Å²) in [4.78, 5) is 29.7. The van der Waals surface area contributed by atoms with Gasteiger partial charge in [0.25, 0.3) is 0 Å². The fraction of sp³-hybridized carbons (Fsp3) is 0.214. The standard InChI is InChI=1S/C29H26F3N3O.C13H10O/c30-29(31,32)24-12-13-25-26(16-24)35(18-19-14-15-34(17-19)28(36)23-10-11-23)27(33-25)22-8-6-21(7-9-22)20-4-2-1-3-5-20;14-10-11-6-8-13(9-7-11)12-4-2-1-3-5-12/h1-9,12-13,16,19,23H,10-11,14-15,17-18H2;1-10H/t19-;/m1./s1. The van der Waals surface area contributed by atoms with Crippen molar-refractivity contribution >= 4 is 23.2 Å². The Morgan fingerprint density at radius 3 is 1.84 bits per heavy atom. The highest BCUT2D eigenvalue weighted by atomic mass is 19.4. The Balaban J connectivity index is 0.000000234. The molecule has 1 saturated carbocycles. The Labute approximate surface area is 289 Å². The molecule has 1 atom stereocenters. The number of hydrogen-bond acceptors (Lipinski definition) is 3. The number of imidazole rings is 1. The summed E-state index contributed by atoms with van der Waals surface area (Å²) in [6, 6.07) is 39.4. The quantitative estimate of drug-likeness (QED) is 0.159. The van der Waals surface area contributed by atoms with Gasteiger partial charge >= 0.3 is 6.18 Å². The van der Waals surface area contributed by atoms with Gasteiger partial charge in [-0.15, -0.1) is 0 Å². The second kappa shape index (κ2) is 14.2. The van der Waals surface area contributed by atoms with E-state index < -0.39 is 11.7 Å². The van der Waals surface area contributed by atoms with Gasteiger partial charge in [-0.2, -0.15) is 13.2 Å². The lowest BCUT2D eigenvalue weighted by Crippen LogP contribution is -2.30. The first-order valence-electron chi connectivity index (χ1n) is 16.9. The highest BCUT2D eigenvalue weighted by Gasteiger charge is 2.37. The summed E-state index contributed by atoms with van der Waals surface area (Å²) in [5.74, 6) is 1.22. The van der Waals surface area contributed by atoms with E-state index in [1.54, 1.807) is 0 Å². The van der Waals surface area contributed by atoms with Gasteiger partial charge in [0.1, 0.15) is 12.1 Å². The Bertz CT molecular complexity index is 2090. The van der Waals surface area contributed by atoms with Crippen molar-refractivity contribution in [2.45, 2.75) is 32.0 Å². The van der Waals surface area contributed by atoms with Gasteiger partial charge in [-0.3, -0.25) is 9.59 Å². The zero-order valence-electron chi connectivity index (χ0n) is 27.4. The van der Waals surface area contributed by atoms with E-state index in [1.165, 1.54) is 17.7 Å². The summed E-state index contributed by atoms with van der Waals surface area (Å²) >= 11 is 0. The number of hydrogen-bond donors (Lipinski definition) is 0. The molecule has 8 rings (SSSR count). The zero-order valence-corrected chi connectivity index (χ0v) is 27.4. The number of aromatic nitrogens is 2. The van der Waals surface area contributed by atoms with E-state index in [9.17, 15) is 22.8 Å². The normalized spacial score (nSPS) is 15.8. The molecule has 1 aliphatic heterocycles. The summed E-state index contributed by atoms with van der Waals surface area (Å²) in [5, 5.41) is 0. The zero-order chi connectivity index (χ0) is 34.7. The molecule has 1 amide bonds. The first-order valence-corrected chi connectivity index (χ1v) is 16.9. The van der Waals surface area contributed by atoms with Gasteiger partial charge < -0.3 is 9.47 Å². The van der Waals surface area contributed by atoms with Crippen LogP contribution in [-0.4, -0.2) is 39.7 Å². The number of carbonyl (C=O) groups excluding carboxylic acids is 2. The van der Waals surface area contributed by atoms with Crippen LogP contribution in [-0.2, 0) is 17.5 Å². The van der Waals surface area contributed by atoms with E-state index in [4.69, 9.17) is 4.98 Å². The van der Waals surface area contributed by atoms with Crippen molar-refractivity contribution in [2.75, 3.05) is 13.1 Å². The topological polar surface area (TPSA) is 55.2 Å². The van der Waals surface area contributed by atoms with Crippen molar-refractivity contribution in [3.05, 3.63) is 139 Å².